The molecule has 0 amide bonds. The maximum atomic E-state index is 10.8. The van der Waals surface area contributed by atoms with Crippen LogP contribution in [0, 0.1) is 0 Å². The van der Waals surface area contributed by atoms with Gasteiger partial charge in [-0.3, -0.25) is 0 Å². The first kappa shape index (κ1) is 20.6. The molecule has 2 aromatic rings. The van der Waals surface area contributed by atoms with E-state index in [1.54, 1.807) is 12.1 Å². The van der Waals surface area contributed by atoms with Gasteiger partial charge in [-0.1, -0.05) is 35.9 Å². The Morgan fingerprint density at radius 2 is 1.88 bits per heavy atom. The third-order valence-electron chi connectivity index (χ3n) is 3.98. The number of alkyl halides is 1. The number of carboxylic acids is 1. The molecule has 0 fully saturated rings. The van der Waals surface area contributed by atoms with Gasteiger partial charge in [-0.15, -0.1) is 11.6 Å². The van der Waals surface area contributed by atoms with Crippen molar-refractivity contribution < 1.29 is 14.6 Å². The third kappa shape index (κ3) is 6.52. The second kappa shape index (κ2) is 9.81. The van der Waals surface area contributed by atoms with Gasteiger partial charge in [0, 0.05) is 17.6 Å². The Morgan fingerprint density at radius 1 is 1.19 bits per heavy atom. The average molecular weight is 396 g/mol. The van der Waals surface area contributed by atoms with Crippen molar-refractivity contribution in [2.45, 2.75) is 37.8 Å². The predicted octanol–water partition coefficient (Wildman–Crippen LogP) is 4.69. The Kier molecular flexibility index (Phi) is 7.76. The van der Waals surface area contributed by atoms with E-state index >= 15 is 0 Å². The van der Waals surface area contributed by atoms with E-state index in [9.17, 15) is 4.79 Å². The average Bonchev–Trinajstić information content (AvgIpc) is 2.61. The van der Waals surface area contributed by atoms with E-state index in [1.807, 2.05) is 36.4 Å². The molecule has 6 heteroatoms. The van der Waals surface area contributed by atoms with E-state index in [0.29, 0.717) is 17.3 Å². The summed E-state index contributed by atoms with van der Waals surface area (Å²) in [5.41, 5.74) is 2.13. The summed E-state index contributed by atoms with van der Waals surface area (Å²) in [5, 5.41) is 12.8. The van der Waals surface area contributed by atoms with Crippen molar-refractivity contribution in [3.8, 4) is 5.75 Å². The van der Waals surface area contributed by atoms with Crippen LogP contribution in [0.1, 0.15) is 30.4 Å². The number of carboxylic acid groups (broad SMARTS) is 1. The Balaban J connectivity index is 1.82. The highest BCUT2D eigenvalue weighted by Crippen LogP contribution is 2.23. The number of halogens is 2. The van der Waals surface area contributed by atoms with E-state index in [0.717, 1.165) is 17.5 Å². The van der Waals surface area contributed by atoms with Gasteiger partial charge in [0.2, 0.25) is 0 Å². The van der Waals surface area contributed by atoms with Gasteiger partial charge in [0.15, 0.2) is 6.10 Å². The quantitative estimate of drug-likeness (QED) is 0.604. The minimum Gasteiger partial charge on any atom is -0.479 e. The molecule has 0 bridgehead atoms. The van der Waals surface area contributed by atoms with Crippen LogP contribution < -0.4 is 10.1 Å². The SMILES string of the molecule is CC(Cc1ccc(OC(C)C(=O)O)cc1)NCC(Cl)c1cccc(Cl)c1. The fourth-order valence-corrected chi connectivity index (χ4v) is 2.93. The molecule has 0 spiro atoms. The number of hydrogen-bond donors (Lipinski definition) is 2. The molecule has 3 atom stereocenters. The molecule has 0 saturated carbocycles. The van der Waals surface area contributed by atoms with Crippen LogP contribution in [0.25, 0.3) is 0 Å². The maximum Gasteiger partial charge on any atom is 0.344 e. The van der Waals surface area contributed by atoms with Crippen LogP contribution in [0.15, 0.2) is 48.5 Å². The Bertz CT molecular complexity index is 721. The monoisotopic (exact) mass is 395 g/mol. The van der Waals surface area contributed by atoms with E-state index in [2.05, 4.69) is 12.2 Å². The molecular weight excluding hydrogens is 373 g/mol. The van der Waals surface area contributed by atoms with Crippen molar-refractivity contribution >= 4 is 29.2 Å². The predicted molar refractivity (Wildman–Crippen MR) is 105 cm³/mol. The first-order valence-corrected chi connectivity index (χ1v) is 9.28. The highest BCUT2D eigenvalue weighted by atomic mass is 35.5. The largest absolute Gasteiger partial charge is 0.479 e. The van der Waals surface area contributed by atoms with E-state index < -0.39 is 12.1 Å². The molecule has 0 heterocycles. The summed E-state index contributed by atoms with van der Waals surface area (Å²) in [4.78, 5) is 10.8. The summed E-state index contributed by atoms with van der Waals surface area (Å²) in [6.45, 7) is 4.24. The first-order valence-electron chi connectivity index (χ1n) is 8.46. The second-order valence-electron chi connectivity index (χ2n) is 6.28. The molecular formula is C20H23Cl2NO3. The lowest BCUT2D eigenvalue weighted by Gasteiger charge is -2.17. The normalized spacial score (nSPS) is 14.5. The van der Waals surface area contributed by atoms with E-state index in [-0.39, 0.29) is 11.4 Å². The number of nitrogens with one attached hydrogen (secondary N) is 1. The molecule has 140 valence electrons. The molecule has 3 unspecified atom stereocenters. The van der Waals surface area contributed by atoms with Crippen molar-refractivity contribution in [1.82, 2.24) is 5.32 Å². The number of carbonyl (C=O) groups is 1. The fourth-order valence-electron chi connectivity index (χ4n) is 2.51. The lowest BCUT2D eigenvalue weighted by Crippen LogP contribution is -2.30. The smallest absolute Gasteiger partial charge is 0.344 e. The first-order chi connectivity index (χ1) is 12.3. The zero-order valence-corrected chi connectivity index (χ0v) is 16.3. The highest BCUT2D eigenvalue weighted by molar-refractivity contribution is 6.30. The van der Waals surface area contributed by atoms with Gasteiger partial charge in [-0.2, -0.15) is 0 Å². The zero-order valence-electron chi connectivity index (χ0n) is 14.8. The Morgan fingerprint density at radius 3 is 2.50 bits per heavy atom. The number of rotatable bonds is 9. The summed E-state index contributed by atoms with van der Waals surface area (Å²) in [5.74, 6) is -0.437. The minimum atomic E-state index is -0.984. The fraction of sp³-hybridized carbons (Fsp3) is 0.350. The summed E-state index contributed by atoms with van der Waals surface area (Å²) in [6.07, 6.45) is -0.0398. The van der Waals surface area contributed by atoms with Crippen molar-refractivity contribution in [3.63, 3.8) is 0 Å². The zero-order chi connectivity index (χ0) is 19.1. The summed E-state index contributed by atoms with van der Waals surface area (Å²) in [7, 11) is 0. The molecule has 0 aromatic heterocycles. The molecule has 2 aromatic carbocycles. The van der Waals surface area contributed by atoms with Crippen molar-refractivity contribution in [3.05, 3.63) is 64.7 Å². The Hall–Kier alpha value is -1.75. The van der Waals surface area contributed by atoms with Gasteiger partial charge >= 0.3 is 5.97 Å². The van der Waals surface area contributed by atoms with Gasteiger partial charge in [0.25, 0.3) is 0 Å². The van der Waals surface area contributed by atoms with Gasteiger partial charge in [-0.25, -0.2) is 4.79 Å². The van der Waals surface area contributed by atoms with E-state index in [1.165, 1.54) is 6.92 Å². The minimum absolute atomic E-state index is 0.149. The third-order valence-corrected chi connectivity index (χ3v) is 4.62. The van der Waals surface area contributed by atoms with Gasteiger partial charge in [-0.05, 0) is 55.7 Å². The summed E-state index contributed by atoms with van der Waals surface area (Å²) in [6, 6.07) is 15.3. The maximum absolute atomic E-state index is 10.8. The summed E-state index contributed by atoms with van der Waals surface area (Å²) >= 11 is 12.4. The molecule has 26 heavy (non-hydrogen) atoms. The Labute approximate surface area is 164 Å². The lowest BCUT2D eigenvalue weighted by molar-refractivity contribution is -0.144. The number of aliphatic carboxylic acids is 1. The van der Waals surface area contributed by atoms with Gasteiger partial charge in [0.05, 0.1) is 5.38 Å². The van der Waals surface area contributed by atoms with Crippen molar-refractivity contribution in [1.29, 1.82) is 0 Å². The molecule has 2 rings (SSSR count). The molecule has 0 radical (unpaired) electrons. The molecule has 0 aliphatic rings. The standard InChI is InChI=1S/C20H23Cl2NO3/c1-13(23-12-19(22)16-4-3-5-17(21)11-16)10-15-6-8-18(9-7-15)26-14(2)20(24)25/h3-9,11,13-14,19,23H,10,12H2,1-2H3,(H,24,25). The van der Waals surface area contributed by atoms with Gasteiger partial charge < -0.3 is 15.2 Å². The van der Waals surface area contributed by atoms with Crippen molar-refractivity contribution in [2.75, 3.05) is 6.54 Å². The topological polar surface area (TPSA) is 58.6 Å². The van der Waals surface area contributed by atoms with E-state index in [4.69, 9.17) is 33.0 Å². The summed E-state index contributed by atoms with van der Waals surface area (Å²) < 4.78 is 5.33. The molecule has 0 saturated heterocycles. The van der Waals surface area contributed by atoms with Crippen LogP contribution in [-0.4, -0.2) is 29.8 Å². The molecule has 0 aliphatic heterocycles. The van der Waals surface area contributed by atoms with Crippen molar-refractivity contribution in [2.24, 2.45) is 0 Å². The van der Waals surface area contributed by atoms with Crippen LogP contribution in [0.5, 0.6) is 5.75 Å². The number of hydrogen-bond acceptors (Lipinski definition) is 3. The van der Waals surface area contributed by atoms with Crippen LogP contribution >= 0.6 is 23.2 Å². The van der Waals surface area contributed by atoms with Gasteiger partial charge in [0.1, 0.15) is 5.75 Å². The molecule has 2 N–H and O–H groups in total. The van der Waals surface area contributed by atoms with Crippen LogP contribution in [0.2, 0.25) is 5.02 Å². The molecule has 4 nitrogen and oxygen atoms in total. The highest BCUT2D eigenvalue weighted by Gasteiger charge is 2.13. The van der Waals surface area contributed by atoms with Crippen LogP contribution in [-0.2, 0) is 11.2 Å². The lowest BCUT2D eigenvalue weighted by atomic mass is 10.1. The number of benzene rings is 2. The number of ether oxygens (including phenoxy) is 1. The van der Waals surface area contributed by atoms with Crippen LogP contribution in [0.4, 0.5) is 0 Å². The van der Waals surface area contributed by atoms with Crippen LogP contribution in [0.3, 0.4) is 0 Å². The molecule has 0 aliphatic carbocycles. The second-order valence-corrected chi connectivity index (χ2v) is 7.24.